The van der Waals surface area contributed by atoms with Crippen molar-refractivity contribution in [1.29, 1.82) is 0 Å². The van der Waals surface area contributed by atoms with Crippen LogP contribution in [0.3, 0.4) is 0 Å². The first-order valence-electron chi connectivity index (χ1n) is 14.2. The van der Waals surface area contributed by atoms with Crippen molar-refractivity contribution in [3.8, 4) is 0 Å². The molecule has 4 rings (SSSR count). The van der Waals surface area contributed by atoms with Crippen LogP contribution in [-0.2, 0) is 51.6 Å². The highest BCUT2D eigenvalue weighted by molar-refractivity contribution is 7.92. The van der Waals surface area contributed by atoms with Crippen LogP contribution in [0, 0.1) is 12.3 Å². The first-order chi connectivity index (χ1) is 20.2. The standard InChI is InChI=1S/C33H38O8S/c1-4-38-31(34)33(32(35)39-5-2)20-28(40-22-25-12-8-6-9-13-25)30(41-23-26-14-10-7-11-15-26)29(21-33)42(36,37)27-18-16-24(3)17-19-27/h6-19,28-30H,4-5,20-23H2,1-3H3/t28-,29+,30-/m1/s1. The SMILES string of the molecule is CCOC(=O)C1(C(=O)OCC)C[C@@H](OCc2ccccc2)[C@@H](OCc2ccccc2)[C@@H](S(=O)(=O)c2ccc(C)cc2)C1. The Labute approximate surface area is 247 Å². The quantitative estimate of drug-likeness (QED) is 0.208. The van der Waals surface area contributed by atoms with Gasteiger partial charge in [0, 0.05) is 6.42 Å². The topological polar surface area (TPSA) is 105 Å². The van der Waals surface area contributed by atoms with E-state index in [2.05, 4.69) is 0 Å². The van der Waals surface area contributed by atoms with Gasteiger partial charge in [0.1, 0.15) is 6.10 Å². The van der Waals surface area contributed by atoms with Gasteiger partial charge in [-0.1, -0.05) is 78.4 Å². The number of benzene rings is 3. The first-order valence-corrected chi connectivity index (χ1v) is 15.7. The van der Waals surface area contributed by atoms with Crippen LogP contribution in [0.15, 0.2) is 89.8 Å². The van der Waals surface area contributed by atoms with Crippen molar-refractivity contribution in [3.05, 3.63) is 102 Å². The summed E-state index contributed by atoms with van der Waals surface area (Å²) in [5, 5.41) is -1.31. The molecule has 1 aliphatic carbocycles. The summed E-state index contributed by atoms with van der Waals surface area (Å²) in [5.74, 6) is -1.66. The number of esters is 2. The number of sulfone groups is 1. The van der Waals surface area contributed by atoms with E-state index in [4.69, 9.17) is 18.9 Å². The molecule has 224 valence electrons. The molecule has 1 fully saturated rings. The number of hydrogen-bond donors (Lipinski definition) is 0. The van der Waals surface area contributed by atoms with E-state index in [0.717, 1.165) is 16.7 Å². The predicted molar refractivity (Wildman–Crippen MR) is 157 cm³/mol. The zero-order valence-electron chi connectivity index (χ0n) is 24.2. The summed E-state index contributed by atoms with van der Waals surface area (Å²) in [7, 11) is -4.14. The predicted octanol–water partition coefficient (Wildman–Crippen LogP) is 5.21. The smallest absolute Gasteiger partial charge is 0.323 e. The molecule has 0 unspecified atom stereocenters. The molecule has 0 heterocycles. The number of ether oxygens (including phenoxy) is 4. The van der Waals surface area contributed by atoms with Gasteiger partial charge in [-0.15, -0.1) is 0 Å². The van der Waals surface area contributed by atoms with Crippen LogP contribution in [0.4, 0.5) is 0 Å². The minimum atomic E-state index is -4.14. The van der Waals surface area contributed by atoms with E-state index < -0.39 is 44.6 Å². The maximum atomic E-state index is 14.3. The molecule has 0 spiro atoms. The zero-order valence-corrected chi connectivity index (χ0v) is 25.0. The molecule has 0 bridgehead atoms. The summed E-state index contributed by atoms with van der Waals surface area (Å²) in [5.41, 5.74) is 0.688. The minimum Gasteiger partial charge on any atom is -0.465 e. The Morgan fingerprint density at radius 1 is 0.738 bits per heavy atom. The van der Waals surface area contributed by atoms with E-state index in [1.807, 2.05) is 67.6 Å². The van der Waals surface area contributed by atoms with Crippen LogP contribution in [0.2, 0.25) is 0 Å². The number of aryl methyl sites for hydroxylation is 1. The maximum absolute atomic E-state index is 14.3. The molecular weight excluding hydrogens is 556 g/mol. The monoisotopic (exact) mass is 594 g/mol. The van der Waals surface area contributed by atoms with Crippen molar-refractivity contribution in [2.75, 3.05) is 13.2 Å². The van der Waals surface area contributed by atoms with E-state index in [1.54, 1.807) is 26.0 Å². The van der Waals surface area contributed by atoms with Gasteiger partial charge in [0.05, 0.1) is 42.7 Å². The fourth-order valence-corrected chi connectivity index (χ4v) is 7.27. The Bertz CT molecular complexity index is 1400. The van der Waals surface area contributed by atoms with E-state index in [9.17, 15) is 18.0 Å². The minimum absolute atomic E-state index is 0.0127. The van der Waals surface area contributed by atoms with Gasteiger partial charge in [-0.3, -0.25) is 9.59 Å². The summed E-state index contributed by atoms with van der Waals surface area (Å²) in [6.45, 7) is 5.39. The molecule has 9 heteroatoms. The van der Waals surface area contributed by atoms with E-state index in [1.165, 1.54) is 12.1 Å². The highest BCUT2D eigenvalue weighted by atomic mass is 32.2. The molecule has 42 heavy (non-hydrogen) atoms. The molecule has 0 saturated heterocycles. The molecule has 1 aliphatic rings. The van der Waals surface area contributed by atoms with Crippen LogP contribution >= 0.6 is 0 Å². The molecule has 3 atom stereocenters. The summed E-state index contributed by atoms with van der Waals surface area (Å²) in [4.78, 5) is 27.2. The number of hydrogen-bond acceptors (Lipinski definition) is 8. The van der Waals surface area contributed by atoms with E-state index in [0.29, 0.717) is 0 Å². The Hall–Kier alpha value is -3.53. The van der Waals surface area contributed by atoms with Gasteiger partial charge < -0.3 is 18.9 Å². The lowest BCUT2D eigenvalue weighted by atomic mass is 9.71. The van der Waals surface area contributed by atoms with Crippen LogP contribution in [0.5, 0.6) is 0 Å². The highest BCUT2D eigenvalue weighted by Gasteiger charge is 2.61. The second-order valence-corrected chi connectivity index (χ2v) is 12.6. The van der Waals surface area contributed by atoms with Gasteiger partial charge in [0.25, 0.3) is 0 Å². The molecule has 1 saturated carbocycles. The second kappa shape index (κ2) is 14.1. The third kappa shape index (κ3) is 7.09. The lowest BCUT2D eigenvalue weighted by molar-refractivity contribution is -0.187. The molecule has 0 amide bonds. The second-order valence-electron chi connectivity index (χ2n) is 10.4. The van der Waals surface area contributed by atoms with Gasteiger partial charge in [-0.2, -0.15) is 0 Å². The number of carbonyl (C=O) groups is 2. The van der Waals surface area contributed by atoms with Gasteiger partial charge in [-0.25, -0.2) is 8.42 Å². The fraction of sp³-hybridized carbons (Fsp3) is 0.394. The Morgan fingerprint density at radius 3 is 1.74 bits per heavy atom. The summed E-state index contributed by atoms with van der Waals surface area (Å²) in [6.07, 6.45) is -2.48. The average Bonchev–Trinajstić information content (AvgIpc) is 3.00. The molecular formula is C33H38O8S. The molecule has 0 radical (unpaired) electrons. The van der Waals surface area contributed by atoms with Crippen molar-refractivity contribution >= 4 is 21.8 Å². The van der Waals surface area contributed by atoms with Crippen LogP contribution in [-0.4, -0.2) is 51.0 Å². The van der Waals surface area contributed by atoms with Gasteiger partial charge in [0.2, 0.25) is 0 Å². The maximum Gasteiger partial charge on any atom is 0.323 e. The Morgan fingerprint density at radius 2 is 1.24 bits per heavy atom. The van der Waals surface area contributed by atoms with Crippen molar-refractivity contribution in [2.24, 2.45) is 5.41 Å². The van der Waals surface area contributed by atoms with Crippen LogP contribution in [0.25, 0.3) is 0 Å². The van der Waals surface area contributed by atoms with Gasteiger partial charge >= 0.3 is 11.9 Å². The molecule has 0 aromatic heterocycles. The van der Waals surface area contributed by atoms with Crippen molar-refractivity contribution < 1.29 is 37.0 Å². The largest absolute Gasteiger partial charge is 0.465 e. The number of carbonyl (C=O) groups excluding carboxylic acids is 2. The molecule has 8 nitrogen and oxygen atoms in total. The first kappa shape index (κ1) is 31.4. The molecule has 0 aliphatic heterocycles. The summed E-state index contributed by atoms with van der Waals surface area (Å²) >= 11 is 0. The van der Waals surface area contributed by atoms with Crippen LogP contribution < -0.4 is 0 Å². The lowest BCUT2D eigenvalue weighted by Gasteiger charge is -2.44. The third-order valence-corrected chi connectivity index (χ3v) is 9.67. The van der Waals surface area contributed by atoms with Gasteiger partial charge in [-0.05, 0) is 50.5 Å². The summed E-state index contributed by atoms with van der Waals surface area (Å²) in [6, 6.07) is 25.3. The highest BCUT2D eigenvalue weighted by Crippen LogP contribution is 2.45. The average molecular weight is 595 g/mol. The van der Waals surface area contributed by atoms with E-state index >= 15 is 0 Å². The van der Waals surface area contributed by atoms with Gasteiger partial charge in [0.15, 0.2) is 15.3 Å². The molecule has 3 aromatic rings. The van der Waals surface area contributed by atoms with Crippen molar-refractivity contribution in [2.45, 2.75) is 69.2 Å². The normalized spacial score (nSPS) is 20.0. The van der Waals surface area contributed by atoms with Crippen LogP contribution in [0.1, 0.15) is 43.4 Å². The van der Waals surface area contributed by atoms with Crippen molar-refractivity contribution in [3.63, 3.8) is 0 Å². The Kier molecular flexibility index (Phi) is 10.5. The molecule has 3 aromatic carbocycles. The summed E-state index contributed by atoms with van der Waals surface area (Å²) < 4.78 is 52.2. The zero-order chi connectivity index (χ0) is 30.2. The molecule has 0 N–H and O–H groups in total. The third-order valence-electron chi connectivity index (χ3n) is 7.50. The van der Waals surface area contributed by atoms with E-state index in [-0.39, 0.29) is 44.2 Å². The lowest BCUT2D eigenvalue weighted by Crippen LogP contribution is -2.59. The Balaban J connectivity index is 1.82. The fourth-order valence-electron chi connectivity index (χ4n) is 5.30. The number of rotatable bonds is 12. The van der Waals surface area contributed by atoms with Crippen molar-refractivity contribution in [1.82, 2.24) is 0 Å².